The van der Waals surface area contributed by atoms with Crippen molar-refractivity contribution in [3.05, 3.63) is 78.0 Å². The van der Waals surface area contributed by atoms with Crippen molar-refractivity contribution < 1.29 is 9.30 Å². The zero-order valence-corrected chi connectivity index (χ0v) is 21.1. The van der Waals surface area contributed by atoms with Gasteiger partial charge in [-0.1, -0.05) is 56.3 Å². The third-order valence-electron chi connectivity index (χ3n) is 8.76. The van der Waals surface area contributed by atoms with Crippen LogP contribution >= 0.6 is 0 Å². The highest BCUT2D eigenvalue weighted by molar-refractivity contribution is 6.16. The van der Waals surface area contributed by atoms with Gasteiger partial charge in [0.1, 0.15) is 18.5 Å². The third kappa shape index (κ3) is 3.12. The lowest BCUT2D eigenvalue weighted by molar-refractivity contribution is -0.659. The molecule has 0 spiro atoms. The fraction of sp³-hybridized carbons (Fsp3) is 0.303. The predicted octanol–water partition coefficient (Wildman–Crippen LogP) is 8.74. The van der Waals surface area contributed by atoms with Crippen molar-refractivity contribution in [2.45, 2.75) is 52.4 Å². The molecule has 1 aliphatic heterocycles. The number of benzene rings is 4. The third-order valence-corrected chi connectivity index (χ3v) is 8.76. The molecule has 2 nitrogen and oxygen atoms in total. The van der Waals surface area contributed by atoms with E-state index < -0.39 is 0 Å². The van der Waals surface area contributed by atoms with Crippen molar-refractivity contribution in [2.24, 2.45) is 12.5 Å². The Hall–Kier alpha value is -3.39. The van der Waals surface area contributed by atoms with Crippen LogP contribution in [0.3, 0.4) is 0 Å². The molecule has 5 aromatic rings. The Kier molecular flexibility index (Phi) is 4.37. The van der Waals surface area contributed by atoms with Crippen molar-refractivity contribution in [1.82, 2.24) is 0 Å². The number of hydrogen-bond acceptors (Lipinski definition) is 1. The van der Waals surface area contributed by atoms with E-state index in [1.165, 1.54) is 80.4 Å². The van der Waals surface area contributed by atoms with E-state index in [1.807, 2.05) is 0 Å². The molecular formula is C33H32NO+. The van der Waals surface area contributed by atoms with Crippen LogP contribution in [0.2, 0.25) is 0 Å². The molecule has 0 N–H and O–H groups in total. The van der Waals surface area contributed by atoms with E-state index in [0.717, 1.165) is 11.5 Å². The highest BCUT2D eigenvalue weighted by Gasteiger charge is 2.32. The van der Waals surface area contributed by atoms with Gasteiger partial charge in [-0.3, -0.25) is 0 Å². The minimum atomic E-state index is 0.489. The van der Waals surface area contributed by atoms with Crippen molar-refractivity contribution in [3.8, 4) is 22.8 Å². The van der Waals surface area contributed by atoms with E-state index in [9.17, 15) is 0 Å². The van der Waals surface area contributed by atoms with Gasteiger partial charge in [0.15, 0.2) is 6.20 Å². The number of aryl methyl sites for hydroxylation is 2. The van der Waals surface area contributed by atoms with Crippen LogP contribution in [0.1, 0.15) is 56.6 Å². The number of fused-ring (bicyclic) bond motifs is 5. The van der Waals surface area contributed by atoms with Crippen molar-refractivity contribution in [2.75, 3.05) is 0 Å². The molecule has 0 unspecified atom stereocenters. The first-order valence-electron chi connectivity index (χ1n) is 13.0. The quantitative estimate of drug-likeness (QED) is 0.177. The molecule has 2 heterocycles. The highest BCUT2D eigenvalue weighted by Crippen LogP contribution is 2.50. The summed E-state index contributed by atoms with van der Waals surface area (Å²) < 4.78 is 8.96. The lowest BCUT2D eigenvalue weighted by Crippen LogP contribution is -2.31. The average Bonchev–Trinajstić information content (AvgIpc) is 2.85. The number of aromatic nitrogens is 1. The van der Waals surface area contributed by atoms with E-state index in [2.05, 4.69) is 99.2 Å². The summed E-state index contributed by atoms with van der Waals surface area (Å²) in [6.07, 6.45) is 7.41. The Morgan fingerprint density at radius 1 is 0.829 bits per heavy atom. The van der Waals surface area contributed by atoms with Crippen LogP contribution in [-0.2, 0) is 7.05 Å². The topological polar surface area (TPSA) is 13.1 Å². The fourth-order valence-electron chi connectivity index (χ4n) is 6.64. The van der Waals surface area contributed by atoms with E-state index in [-0.39, 0.29) is 0 Å². The minimum Gasteiger partial charge on any atom is -0.456 e. The molecule has 0 radical (unpaired) electrons. The van der Waals surface area contributed by atoms with E-state index in [4.69, 9.17) is 4.74 Å². The molecule has 7 rings (SSSR count). The molecule has 1 saturated carbocycles. The van der Waals surface area contributed by atoms with Crippen molar-refractivity contribution >= 4 is 32.3 Å². The zero-order chi connectivity index (χ0) is 23.9. The smallest absolute Gasteiger partial charge is 0.228 e. The first-order valence-corrected chi connectivity index (χ1v) is 13.0. The summed E-state index contributed by atoms with van der Waals surface area (Å²) >= 11 is 0. The lowest BCUT2D eigenvalue weighted by Gasteiger charge is -2.34. The maximum Gasteiger partial charge on any atom is 0.228 e. The Morgan fingerprint density at radius 2 is 1.60 bits per heavy atom. The van der Waals surface area contributed by atoms with Gasteiger partial charge in [-0.2, -0.15) is 0 Å². The second-order valence-electron chi connectivity index (χ2n) is 11.6. The fourth-order valence-corrected chi connectivity index (χ4v) is 6.64. The Labute approximate surface area is 207 Å². The van der Waals surface area contributed by atoms with Gasteiger partial charge < -0.3 is 4.74 Å². The van der Waals surface area contributed by atoms with Gasteiger partial charge in [-0.05, 0) is 88.7 Å². The molecule has 0 amide bonds. The number of nitrogens with zero attached hydrogens (tertiary/aromatic N) is 1. The van der Waals surface area contributed by atoms with E-state index in [0.29, 0.717) is 11.3 Å². The zero-order valence-electron chi connectivity index (χ0n) is 21.1. The largest absolute Gasteiger partial charge is 0.456 e. The summed E-state index contributed by atoms with van der Waals surface area (Å²) in [5, 5.41) is 7.62. The maximum atomic E-state index is 6.70. The summed E-state index contributed by atoms with van der Waals surface area (Å²) in [7, 11) is 2.15. The molecule has 35 heavy (non-hydrogen) atoms. The predicted molar refractivity (Wildman–Crippen MR) is 145 cm³/mol. The van der Waals surface area contributed by atoms with E-state index in [1.54, 1.807) is 0 Å². The summed E-state index contributed by atoms with van der Waals surface area (Å²) in [6, 6.07) is 22.6. The van der Waals surface area contributed by atoms with Gasteiger partial charge >= 0.3 is 0 Å². The Morgan fingerprint density at radius 3 is 2.43 bits per heavy atom. The van der Waals surface area contributed by atoms with Gasteiger partial charge in [-0.25, -0.2) is 4.57 Å². The van der Waals surface area contributed by atoms with Gasteiger partial charge in [0.25, 0.3) is 0 Å². The summed E-state index contributed by atoms with van der Waals surface area (Å²) in [5.74, 6) is 2.60. The normalized spacial score (nSPS) is 17.0. The molecule has 1 aliphatic carbocycles. The van der Waals surface area contributed by atoms with Gasteiger partial charge in [0.2, 0.25) is 5.69 Å². The molecule has 1 aromatic heterocycles. The maximum absolute atomic E-state index is 6.70. The second kappa shape index (κ2) is 7.31. The molecule has 174 valence electrons. The van der Waals surface area contributed by atoms with Gasteiger partial charge in [-0.15, -0.1) is 0 Å². The first kappa shape index (κ1) is 20.9. The molecule has 2 heteroatoms. The standard InChI is InChI=1S/C33H32NO/c1-20-25-8-6-5-7-23(25)18-28-30(20)32-31-27(13-16-34(32)4)26-10-9-22(17-24(26)19-29(31)35-28)21-11-14-33(2,3)15-12-21/h5-10,13,16-19,21H,11-12,14-15H2,1-4H3/q+1. The summed E-state index contributed by atoms with van der Waals surface area (Å²) in [6.45, 7) is 7.06. The Balaban J connectivity index is 1.46. The van der Waals surface area contributed by atoms with Crippen LogP contribution in [0.15, 0.2) is 66.9 Å². The van der Waals surface area contributed by atoms with Gasteiger partial charge in [0.05, 0.1) is 10.9 Å². The highest BCUT2D eigenvalue weighted by atomic mass is 16.5. The molecule has 2 aliphatic rings. The van der Waals surface area contributed by atoms with Gasteiger partial charge in [0, 0.05) is 11.5 Å². The van der Waals surface area contributed by atoms with Crippen LogP contribution in [0.4, 0.5) is 0 Å². The molecule has 4 aromatic carbocycles. The molecule has 0 atom stereocenters. The van der Waals surface area contributed by atoms with Crippen LogP contribution in [-0.4, -0.2) is 0 Å². The number of rotatable bonds is 1. The van der Waals surface area contributed by atoms with Crippen molar-refractivity contribution in [3.63, 3.8) is 0 Å². The number of ether oxygens (including phenoxy) is 1. The van der Waals surface area contributed by atoms with Crippen molar-refractivity contribution in [1.29, 1.82) is 0 Å². The van der Waals surface area contributed by atoms with Crippen LogP contribution < -0.4 is 9.30 Å². The number of pyridine rings is 1. The summed E-state index contributed by atoms with van der Waals surface area (Å²) in [4.78, 5) is 0. The van der Waals surface area contributed by atoms with Crippen LogP contribution in [0.25, 0.3) is 43.6 Å². The van der Waals surface area contributed by atoms with Crippen LogP contribution in [0.5, 0.6) is 11.5 Å². The minimum absolute atomic E-state index is 0.489. The molecule has 0 bridgehead atoms. The first-order chi connectivity index (χ1) is 16.9. The average molecular weight is 459 g/mol. The second-order valence-corrected chi connectivity index (χ2v) is 11.6. The van der Waals surface area contributed by atoms with E-state index >= 15 is 0 Å². The molecule has 0 saturated heterocycles. The molecular weight excluding hydrogens is 426 g/mol. The monoisotopic (exact) mass is 458 g/mol. The van der Waals surface area contributed by atoms with Crippen LogP contribution in [0, 0.1) is 12.3 Å². The Bertz CT molecular complexity index is 1670. The molecule has 1 fully saturated rings. The lowest BCUT2D eigenvalue weighted by atomic mass is 9.71. The SMILES string of the molecule is Cc1c2c(cc3ccccc13)Oc1cc3cc(C4CCC(C)(C)CC4)ccc3c3cc[n+](C)c-2c13. The number of hydrogen-bond donors (Lipinski definition) is 0. The summed E-state index contributed by atoms with van der Waals surface area (Å²) in [5.41, 5.74) is 5.72.